The van der Waals surface area contributed by atoms with Crippen molar-refractivity contribution in [3.05, 3.63) is 28.2 Å². The molecule has 0 unspecified atom stereocenters. The van der Waals surface area contributed by atoms with E-state index in [1.807, 2.05) is 0 Å². The number of halogens is 1. The van der Waals surface area contributed by atoms with Crippen LogP contribution in [0.15, 0.2) is 22.7 Å². The average Bonchev–Trinajstić information content (AvgIpc) is 2.18. The number of aromatic hydroxyl groups is 1. The highest BCUT2D eigenvalue weighted by molar-refractivity contribution is 9.10. The minimum Gasteiger partial charge on any atom is -0.508 e. The van der Waals surface area contributed by atoms with Gasteiger partial charge in [-0.05, 0) is 36.6 Å². The number of benzene rings is 1. The zero-order valence-electron chi connectivity index (χ0n) is 7.78. The van der Waals surface area contributed by atoms with E-state index >= 15 is 0 Å². The molecule has 1 aromatic carbocycles. The molecule has 0 radical (unpaired) electrons. The van der Waals surface area contributed by atoms with Crippen LogP contribution in [0, 0.1) is 0 Å². The second-order valence-corrected chi connectivity index (χ2v) is 4.03. The second kappa shape index (κ2) is 5.34. The minimum atomic E-state index is -0.149. The molecule has 78 valence electrons. The van der Waals surface area contributed by atoms with E-state index in [4.69, 9.17) is 10.8 Å². The topological polar surface area (TPSA) is 66.5 Å². The van der Waals surface area contributed by atoms with Crippen LogP contribution in [0.3, 0.4) is 0 Å². The summed E-state index contributed by atoms with van der Waals surface area (Å²) < 4.78 is 0.890. The fourth-order valence-corrected chi connectivity index (χ4v) is 1.82. The Morgan fingerprint density at radius 3 is 2.79 bits per heavy atom. The molecule has 0 saturated carbocycles. The van der Waals surface area contributed by atoms with E-state index in [1.165, 1.54) is 0 Å². The summed E-state index contributed by atoms with van der Waals surface area (Å²) in [6.07, 6.45) is 1.38. The molecule has 1 rings (SSSR count). The molecule has 0 saturated heterocycles. The molecule has 0 aliphatic heterocycles. The molecule has 0 aromatic heterocycles. The molecule has 1 atom stereocenters. The van der Waals surface area contributed by atoms with Crippen LogP contribution in [0.1, 0.15) is 24.4 Å². The Balaban J connectivity index is 2.77. The Hall–Kier alpha value is -0.580. The van der Waals surface area contributed by atoms with Gasteiger partial charge in [0.25, 0.3) is 0 Å². The molecular weight excluding hydrogens is 246 g/mol. The van der Waals surface area contributed by atoms with E-state index < -0.39 is 0 Å². The van der Waals surface area contributed by atoms with Gasteiger partial charge >= 0.3 is 0 Å². The zero-order chi connectivity index (χ0) is 10.6. The number of aliphatic hydroxyl groups excluding tert-OH is 1. The van der Waals surface area contributed by atoms with Gasteiger partial charge < -0.3 is 15.9 Å². The van der Waals surface area contributed by atoms with E-state index in [9.17, 15) is 5.11 Å². The molecule has 3 nitrogen and oxygen atoms in total. The molecule has 0 aliphatic rings. The third kappa shape index (κ3) is 2.97. The molecule has 1 aromatic rings. The Morgan fingerprint density at radius 1 is 1.43 bits per heavy atom. The van der Waals surface area contributed by atoms with Gasteiger partial charge in [-0.1, -0.05) is 15.9 Å². The van der Waals surface area contributed by atoms with Crippen LogP contribution in [-0.4, -0.2) is 16.8 Å². The maximum absolute atomic E-state index is 9.29. The number of aliphatic hydroxyl groups is 1. The lowest BCUT2D eigenvalue weighted by molar-refractivity contribution is 0.280. The van der Waals surface area contributed by atoms with Crippen LogP contribution in [-0.2, 0) is 0 Å². The van der Waals surface area contributed by atoms with Crippen LogP contribution in [0.5, 0.6) is 5.75 Å². The highest BCUT2D eigenvalue weighted by atomic mass is 79.9. The summed E-state index contributed by atoms with van der Waals surface area (Å²) in [6.45, 7) is 0.143. The number of phenols is 1. The standard InChI is InChI=1S/C10H14BrNO2/c11-9-4-3-7(14)6-8(9)10(12)2-1-5-13/h3-4,6,10,13-14H,1-2,5,12H2/t10-/m0/s1. The Kier molecular flexibility index (Phi) is 4.38. The van der Waals surface area contributed by atoms with Gasteiger partial charge in [0.2, 0.25) is 0 Å². The van der Waals surface area contributed by atoms with E-state index in [2.05, 4.69) is 15.9 Å². The lowest BCUT2D eigenvalue weighted by Gasteiger charge is -2.13. The monoisotopic (exact) mass is 259 g/mol. The molecule has 0 fully saturated rings. The number of nitrogens with two attached hydrogens (primary N) is 1. The Bertz CT molecular complexity index is 304. The first-order valence-corrected chi connectivity index (χ1v) is 5.29. The predicted molar refractivity (Wildman–Crippen MR) is 59.1 cm³/mol. The first-order chi connectivity index (χ1) is 6.65. The first kappa shape index (κ1) is 11.5. The predicted octanol–water partition coefficient (Wildman–Crippen LogP) is 1.93. The quantitative estimate of drug-likeness (QED) is 0.774. The van der Waals surface area contributed by atoms with Gasteiger partial charge in [0.05, 0.1) is 0 Å². The summed E-state index contributed by atoms with van der Waals surface area (Å²) in [4.78, 5) is 0. The summed E-state index contributed by atoms with van der Waals surface area (Å²) in [5.41, 5.74) is 6.77. The van der Waals surface area contributed by atoms with Crippen molar-refractivity contribution < 1.29 is 10.2 Å². The van der Waals surface area contributed by atoms with Crippen molar-refractivity contribution >= 4 is 15.9 Å². The van der Waals surface area contributed by atoms with E-state index in [0.29, 0.717) is 12.8 Å². The SMILES string of the molecule is N[C@@H](CCCO)c1cc(O)ccc1Br. The molecule has 14 heavy (non-hydrogen) atoms. The van der Waals surface area contributed by atoms with Gasteiger partial charge in [0.15, 0.2) is 0 Å². The van der Waals surface area contributed by atoms with E-state index in [0.717, 1.165) is 10.0 Å². The van der Waals surface area contributed by atoms with Crippen LogP contribution < -0.4 is 5.73 Å². The summed E-state index contributed by atoms with van der Waals surface area (Å²) in [5.74, 6) is 0.211. The van der Waals surface area contributed by atoms with Crippen molar-refractivity contribution in [2.45, 2.75) is 18.9 Å². The molecule has 0 aliphatic carbocycles. The molecule has 4 N–H and O–H groups in total. The lowest BCUT2D eigenvalue weighted by atomic mass is 10.0. The highest BCUT2D eigenvalue weighted by Crippen LogP contribution is 2.28. The Morgan fingerprint density at radius 2 is 2.14 bits per heavy atom. The molecule has 0 amide bonds. The van der Waals surface area contributed by atoms with E-state index in [-0.39, 0.29) is 18.4 Å². The molecule has 4 heteroatoms. The van der Waals surface area contributed by atoms with E-state index in [1.54, 1.807) is 18.2 Å². The molecule has 0 bridgehead atoms. The van der Waals surface area contributed by atoms with Crippen molar-refractivity contribution in [1.29, 1.82) is 0 Å². The number of hydrogen-bond donors (Lipinski definition) is 3. The van der Waals surface area contributed by atoms with Crippen molar-refractivity contribution in [3.63, 3.8) is 0 Å². The number of phenolic OH excluding ortho intramolecular Hbond substituents is 1. The van der Waals surface area contributed by atoms with Crippen molar-refractivity contribution in [1.82, 2.24) is 0 Å². The van der Waals surface area contributed by atoms with Gasteiger partial charge in [-0.3, -0.25) is 0 Å². The summed E-state index contributed by atoms with van der Waals surface area (Å²) in [5, 5.41) is 18.0. The van der Waals surface area contributed by atoms with Crippen LogP contribution in [0.2, 0.25) is 0 Å². The maximum Gasteiger partial charge on any atom is 0.115 e. The van der Waals surface area contributed by atoms with Crippen molar-refractivity contribution in [2.24, 2.45) is 5.73 Å². The average molecular weight is 260 g/mol. The fourth-order valence-electron chi connectivity index (χ4n) is 1.28. The minimum absolute atomic E-state index is 0.143. The van der Waals surface area contributed by atoms with Gasteiger partial charge in [0, 0.05) is 17.1 Å². The van der Waals surface area contributed by atoms with Gasteiger partial charge in [0.1, 0.15) is 5.75 Å². The van der Waals surface area contributed by atoms with Gasteiger partial charge in [-0.2, -0.15) is 0 Å². The highest BCUT2D eigenvalue weighted by Gasteiger charge is 2.09. The van der Waals surface area contributed by atoms with Crippen LogP contribution in [0.25, 0.3) is 0 Å². The van der Waals surface area contributed by atoms with Crippen LogP contribution >= 0.6 is 15.9 Å². The molecular formula is C10H14BrNO2. The number of hydrogen-bond acceptors (Lipinski definition) is 3. The summed E-state index contributed by atoms with van der Waals surface area (Å²) in [6, 6.07) is 4.87. The zero-order valence-corrected chi connectivity index (χ0v) is 9.37. The fraction of sp³-hybridized carbons (Fsp3) is 0.400. The third-order valence-corrected chi connectivity index (χ3v) is 2.77. The normalized spacial score (nSPS) is 12.8. The third-order valence-electron chi connectivity index (χ3n) is 2.05. The Labute approximate surface area is 91.7 Å². The summed E-state index contributed by atoms with van der Waals surface area (Å²) in [7, 11) is 0. The largest absolute Gasteiger partial charge is 0.508 e. The molecule has 0 heterocycles. The first-order valence-electron chi connectivity index (χ1n) is 4.50. The smallest absolute Gasteiger partial charge is 0.115 e. The molecule has 0 spiro atoms. The lowest BCUT2D eigenvalue weighted by Crippen LogP contribution is -2.11. The van der Waals surface area contributed by atoms with Gasteiger partial charge in [-0.15, -0.1) is 0 Å². The van der Waals surface area contributed by atoms with Crippen molar-refractivity contribution in [3.8, 4) is 5.75 Å². The van der Waals surface area contributed by atoms with Crippen molar-refractivity contribution in [2.75, 3.05) is 6.61 Å². The van der Waals surface area contributed by atoms with Gasteiger partial charge in [-0.25, -0.2) is 0 Å². The maximum atomic E-state index is 9.29. The van der Waals surface area contributed by atoms with Crippen LogP contribution in [0.4, 0.5) is 0 Å². The summed E-state index contributed by atoms with van der Waals surface area (Å²) >= 11 is 3.37. The number of rotatable bonds is 4. The second-order valence-electron chi connectivity index (χ2n) is 3.18.